The average Bonchev–Trinajstić information content (AvgIpc) is 2.61. The summed E-state index contributed by atoms with van der Waals surface area (Å²) in [6, 6.07) is 0. The van der Waals surface area contributed by atoms with E-state index in [2.05, 4.69) is 30.7 Å². The molecular formula is C13H18N2OS. The van der Waals surface area contributed by atoms with Gasteiger partial charge in [0.25, 0.3) is 5.91 Å². The first kappa shape index (κ1) is 12.3. The fourth-order valence-corrected chi connectivity index (χ4v) is 3.30. The van der Waals surface area contributed by atoms with Crippen LogP contribution >= 0.6 is 11.3 Å². The Hall–Kier alpha value is -1.16. The summed E-state index contributed by atoms with van der Waals surface area (Å²) in [5.41, 5.74) is 1.80. The van der Waals surface area contributed by atoms with Crippen LogP contribution in [0, 0.1) is 0 Å². The number of thiazole rings is 1. The largest absolute Gasteiger partial charge is 0.298 e. The lowest BCUT2D eigenvalue weighted by Gasteiger charge is -2.27. The van der Waals surface area contributed by atoms with Crippen LogP contribution in [0.2, 0.25) is 0 Å². The first-order chi connectivity index (χ1) is 7.90. The third-order valence-corrected chi connectivity index (χ3v) is 4.18. The molecular weight excluding hydrogens is 232 g/mol. The van der Waals surface area contributed by atoms with Gasteiger partial charge in [0, 0.05) is 15.9 Å². The fourth-order valence-electron chi connectivity index (χ4n) is 2.12. The Balaban J connectivity index is 2.26. The van der Waals surface area contributed by atoms with Gasteiger partial charge >= 0.3 is 0 Å². The second kappa shape index (κ2) is 4.26. The van der Waals surface area contributed by atoms with E-state index in [-0.39, 0.29) is 11.3 Å². The van der Waals surface area contributed by atoms with Crippen molar-refractivity contribution < 1.29 is 4.79 Å². The Kier molecular flexibility index (Phi) is 3.08. The zero-order chi connectivity index (χ0) is 12.6. The van der Waals surface area contributed by atoms with Crippen LogP contribution in [0.1, 0.15) is 44.2 Å². The topological polar surface area (TPSA) is 42.0 Å². The van der Waals surface area contributed by atoms with E-state index in [9.17, 15) is 4.79 Å². The maximum Gasteiger partial charge on any atom is 0.252 e. The molecule has 1 heterocycles. The Labute approximate surface area is 106 Å². The summed E-state index contributed by atoms with van der Waals surface area (Å²) in [5, 5.41) is 3.51. The molecule has 0 atom stereocenters. The highest BCUT2D eigenvalue weighted by Crippen LogP contribution is 2.40. The molecule has 0 unspecified atom stereocenters. The molecule has 0 saturated carbocycles. The van der Waals surface area contributed by atoms with Crippen molar-refractivity contribution in [1.29, 1.82) is 0 Å². The van der Waals surface area contributed by atoms with E-state index in [0.717, 1.165) is 18.5 Å². The molecule has 0 bridgehead atoms. The van der Waals surface area contributed by atoms with Crippen molar-refractivity contribution in [3.63, 3.8) is 0 Å². The highest BCUT2D eigenvalue weighted by atomic mass is 32.1. The van der Waals surface area contributed by atoms with Crippen molar-refractivity contribution in [3.05, 3.63) is 22.7 Å². The molecule has 1 amide bonds. The van der Waals surface area contributed by atoms with Gasteiger partial charge in [-0.05, 0) is 26.2 Å². The number of anilines is 1. The Morgan fingerprint density at radius 3 is 2.82 bits per heavy atom. The van der Waals surface area contributed by atoms with Gasteiger partial charge in [-0.15, -0.1) is 11.3 Å². The van der Waals surface area contributed by atoms with E-state index in [1.807, 2.05) is 0 Å². The zero-order valence-corrected chi connectivity index (χ0v) is 11.4. The number of rotatable bonds is 2. The Morgan fingerprint density at radius 2 is 2.24 bits per heavy atom. The van der Waals surface area contributed by atoms with Gasteiger partial charge in [0.15, 0.2) is 5.13 Å². The highest BCUT2D eigenvalue weighted by Gasteiger charge is 2.31. The quantitative estimate of drug-likeness (QED) is 0.818. The molecule has 1 aromatic heterocycles. The van der Waals surface area contributed by atoms with Crippen molar-refractivity contribution in [2.75, 3.05) is 5.32 Å². The van der Waals surface area contributed by atoms with Crippen molar-refractivity contribution in [2.24, 2.45) is 0 Å². The number of hydrogen-bond acceptors (Lipinski definition) is 3. The second-order valence-electron chi connectivity index (χ2n) is 5.26. The van der Waals surface area contributed by atoms with Gasteiger partial charge in [-0.1, -0.05) is 20.4 Å². The van der Waals surface area contributed by atoms with Gasteiger partial charge in [0.05, 0.1) is 5.69 Å². The van der Waals surface area contributed by atoms with Crippen LogP contribution in [0.4, 0.5) is 5.13 Å². The molecule has 92 valence electrons. The second-order valence-corrected chi connectivity index (χ2v) is 6.35. The summed E-state index contributed by atoms with van der Waals surface area (Å²) in [4.78, 5) is 17.4. The molecule has 3 nitrogen and oxygen atoms in total. The number of amides is 1. The van der Waals surface area contributed by atoms with Crippen LogP contribution in [0.3, 0.4) is 0 Å². The summed E-state index contributed by atoms with van der Waals surface area (Å²) in [5.74, 6) is -0.145. The summed E-state index contributed by atoms with van der Waals surface area (Å²) in [6.07, 6.45) is 3.45. The van der Waals surface area contributed by atoms with Gasteiger partial charge in [-0.25, -0.2) is 4.98 Å². The first-order valence-electron chi connectivity index (χ1n) is 5.87. The van der Waals surface area contributed by atoms with Gasteiger partial charge in [-0.2, -0.15) is 0 Å². The normalized spacial score (nSPS) is 17.4. The van der Waals surface area contributed by atoms with E-state index in [4.69, 9.17) is 0 Å². The zero-order valence-electron chi connectivity index (χ0n) is 10.6. The van der Waals surface area contributed by atoms with Crippen LogP contribution in [-0.2, 0) is 16.6 Å². The van der Waals surface area contributed by atoms with Crippen LogP contribution in [0.5, 0.6) is 0 Å². The predicted octanol–water partition coefficient (Wildman–Crippen LogP) is 3.27. The predicted molar refractivity (Wildman–Crippen MR) is 71.5 cm³/mol. The number of aromatic nitrogens is 1. The van der Waals surface area contributed by atoms with E-state index in [1.165, 1.54) is 11.3 Å². The van der Waals surface area contributed by atoms with E-state index in [0.29, 0.717) is 10.7 Å². The summed E-state index contributed by atoms with van der Waals surface area (Å²) >= 11 is 1.60. The first-order valence-corrected chi connectivity index (χ1v) is 6.69. The molecule has 0 aliphatic heterocycles. The van der Waals surface area contributed by atoms with Crippen LogP contribution < -0.4 is 5.32 Å². The molecule has 0 aromatic carbocycles. The van der Waals surface area contributed by atoms with Gasteiger partial charge < -0.3 is 0 Å². The summed E-state index contributed by atoms with van der Waals surface area (Å²) in [7, 11) is 0. The molecule has 4 heteroatoms. The smallest absolute Gasteiger partial charge is 0.252 e. The number of hydrogen-bond donors (Lipinski definition) is 1. The molecule has 1 N–H and O–H groups in total. The minimum Gasteiger partial charge on any atom is -0.298 e. The van der Waals surface area contributed by atoms with E-state index in [1.54, 1.807) is 18.3 Å². The number of nitrogens with zero attached hydrogens (tertiary/aromatic N) is 1. The van der Waals surface area contributed by atoms with Gasteiger partial charge in [0.1, 0.15) is 0 Å². The van der Waals surface area contributed by atoms with Crippen LogP contribution in [-0.4, -0.2) is 10.9 Å². The lowest BCUT2D eigenvalue weighted by molar-refractivity contribution is -0.112. The van der Waals surface area contributed by atoms with Crippen molar-refractivity contribution in [3.8, 4) is 0 Å². The van der Waals surface area contributed by atoms with Gasteiger partial charge in [-0.3, -0.25) is 10.1 Å². The molecule has 0 spiro atoms. The van der Waals surface area contributed by atoms with Crippen LogP contribution in [0.15, 0.2) is 12.2 Å². The summed E-state index contributed by atoms with van der Waals surface area (Å²) < 4.78 is 0. The van der Waals surface area contributed by atoms with Crippen LogP contribution in [0.25, 0.3) is 0 Å². The number of carbonyl (C=O) groups excluding carboxylic acids is 1. The lowest BCUT2D eigenvalue weighted by Crippen LogP contribution is -2.23. The van der Waals surface area contributed by atoms with Crippen molar-refractivity contribution >= 4 is 22.4 Å². The molecule has 0 saturated heterocycles. The monoisotopic (exact) mass is 250 g/mol. The SMILES string of the molecule is C=C(C)C(=O)Nc1nc2c(s1)CCCC2(C)C. The standard InChI is InChI=1S/C13H18N2OS/c1-8(2)11(16)15-12-14-10-9(17-12)6-5-7-13(10,3)4/h1,5-7H2,2-4H3,(H,14,15,16). The molecule has 0 radical (unpaired) electrons. The summed E-state index contributed by atoms with van der Waals surface area (Å²) in [6.45, 7) is 9.76. The van der Waals surface area contributed by atoms with Crippen molar-refractivity contribution in [2.45, 2.75) is 45.4 Å². The van der Waals surface area contributed by atoms with Gasteiger partial charge in [0.2, 0.25) is 0 Å². The number of aryl methyl sites for hydroxylation is 1. The van der Waals surface area contributed by atoms with E-state index >= 15 is 0 Å². The minimum atomic E-state index is -0.145. The molecule has 0 fully saturated rings. The highest BCUT2D eigenvalue weighted by molar-refractivity contribution is 7.15. The molecule has 1 aliphatic rings. The molecule has 1 aromatic rings. The third-order valence-electron chi connectivity index (χ3n) is 3.15. The number of carbonyl (C=O) groups is 1. The number of nitrogens with one attached hydrogen (secondary N) is 1. The maximum absolute atomic E-state index is 11.5. The maximum atomic E-state index is 11.5. The minimum absolute atomic E-state index is 0.135. The molecule has 17 heavy (non-hydrogen) atoms. The third kappa shape index (κ3) is 2.41. The fraction of sp³-hybridized carbons (Fsp3) is 0.538. The Morgan fingerprint density at radius 1 is 1.53 bits per heavy atom. The number of fused-ring (bicyclic) bond motifs is 1. The molecule has 2 rings (SSSR count). The van der Waals surface area contributed by atoms with Crippen molar-refractivity contribution in [1.82, 2.24) is 4.98 Å². The van der Waals surface area contributed by atoms with E-state index < -0.39 is 0 Å². The lowest BCUT2D eigenvalue weighted by atomic mass is 9.79. The molecule has 1 aliphatic carbocycles. The Bertz CT molecular complexity index is 474. The average molecular weight is 250 g/mol.